The van der Waals surface area contributed by atoms with Crippen molar-refractivity contribution in [3.05, 3.63) is 35.9 Å². The average Bonchev–Trinajstić information content (AvgIpc) is 2.42. The summed E-state index contributed by atoms with van der Waals surface area (Å²) >= 11 is 1.71. The van der Waals surface area contributed by atoms with Gasteiger partial charge in [0.25, 0.3) is 0 Å². The molecule has 3 nitrogen and oxygen atoms in total. The first kappa shape index (κ1) is 17.8. The standard InChI is InChI=1S/C17H26N2OS/c1-17(2,13-19(3)4)12-18-16(20)11-8-14-6-9-15(21-5)10-7-14/h6-11H,12-13H2,1-5H3,(H,18,20)/b11-8+. The minimum atomic E-state index is -0.0456. The van der Waals surface area contributed by atoms with Crippen LogP contribution in [0.25, 0.3) is 6.08 Å². The lowest BCUT2D eigenvalue weighted by molar-refractivity contribution is -0.116. The summed E-state index contributed by atoms with van der Waals surface area (Å²) in [5.74, 6) is -0.0456. The number of hydrogen-bond donors (Lipinski definition) is 1. The molecule has 0 fully saturated rings. The number of amides is 1. The van der Waals surface area contributed by atoms with Crippen LogP contribution in [0.15, 0.2) is 35.2 Å². The zero-order chi connectivity index (χ0) is 15.9. The first-order valence-electron chi connectivity index (χ1n) is 7.07. The monoisotopic (exact) mass is 306 g/mol. The van der Waals surface area contributed by atoms with Crippen LogP contribution in [0.5, 0.6) is 0 Å². The highest BCUT2D eigenvalue weighted by Gasteiger charge is 2.19. The number of nitrogens with zero attached hydrogens (tertiary/aromatic N) is 1. The Morgan fingerprint density at radius 2 is 1.90 bits per heavy atom. The Balaban J connectivity index is 2.47. The molecule has 0 atom stereocenters. The van der Waals surface area contributed by atoms with E-state index >= 15 is 0 Å². The Labute approximate surface area is 132 Å². The van der Waals surface area contributed by atoms with Gasteiger partial charge in [-0.2, -0.15) is 0 Å². The quantitative estimate of drug-likeness (QED) is 0.620. The Morgan fingerprint density at radius 1 is 1.29 bits per heavy atom. The third kappa shape index (κ3) is 7.34. The summed E-state index contributed by atoms with van der Waals surface area (Å²) < 4.78 is 0. The number of benzene rings is 1. The van der Waals surface area contributed by atoms with Gasteiger partial charge in [0.1, 0.15) is 0 Å². The molecule has 0 aliphatic rings. The van der Waals surface area contributed by atoms with Crippen LogP contribution < -0.4 is 5.32 Å². The van der Waals surface area contributed by atoms with Crippen molar-refractivity contribution >= 4 is 23.7 Å². The lowest BCUT2D eigenvalue weighted by Gasteiger charge is -2.28. The van der Waals surface area contributed by atoms with Crippen LogP contribution in [0, 0.1) is 5.41 Å². The molecule has 1 aromatic carbocycles. The van der Waals surface area contributed by atoms with Crippen LogP contribution in [-0.2, 0) is 4.79 Å². The summed E-state index contributed by atoms with van der Waals surface area (Å²) in [5, 5.41) is 2.96. The van der Waals surface area contributed by atoms with Crippen LogP contribution in [0.1, 0.15) is 19.4 Å². The first-order valence-corrected chi connectivity index (χ1v) is 8.29. The molecule has 0 saturated heterocycles. The molecule has 4 heteroatoms. The molecule has 1 aromatic rings. The van der Waals surface area contributed by atoms with Crippen LogP contribution in [0.2, 0.25) is 0 Å². The third-order valence-corrected chi connectivity index (χ3v) is 3.77. The molecule has 0 aliphatic carbocycles. The fraction of sp³-hybridized carbons (Fsp3) is 0.471. The van der Waals surface area contributed by atoms with E-state index in [-0.39, 0.29) is 11.3 Å². The van der Waals surface area contributed by atoms with E-state index in [4.69, 9.17) is 0 Å². The molecule has 0 unspecified atom stereocenters. The normalized spacial score (nSPS) is 12.1. The van der Waals surface area contributed by atoms with Gasteiger partial charge in [0.2, 0.25) is 5.91 Å². The van der Waals surface area contributed by atoms with E-state index in [0.717, 1.165) is 12.1 Å². The number of hydrogen-bond acceptors (Lipinski definition) is 3. The van der Waals surface area contributed by atoms with E-state index in [0.29, 0.717) is 6.54 Å². The highest BCUT2D eigenvalue weighted by atomic mass is 32.2. The van der Waals surface area contributed by atoms with E-state index < -0.39 is 0 Å². The molecular formula is C17H26N2OS. The number of rotatable bonds is 7. The number of carbonyl (C=O) groups is 1. The highest BCUT2D eigenvalue weighted by molar-refractivity contribution is 7.98. The molecule has 116 valence electrons. The van der Waals surface area contributed by atoms with Gasteiger partial charge in [-0.1, -0.05) is 26.0 Å². The van der Waals surface area contributed by atoms with Gasteiger partial charge >= 0.3 is 0 Å². The van der Waals surface area contributed by atoms with Crippen molar-refractivity contribution in [3.63, 3.8) is 0 Å². The molecule has 1 rings (SSSR count). The largest absolute Gasteiger partial charge is 0.352 e. The zero-order valence-electron chi connectivity index (χ0n) is 13.6. The van der Waals surface area contributed by atoms with Crippen LogP contribution >= 0.6 is 11.8 Å². The van der Waals surface area contributed by atoms with Gasteiger partial charge in [-0.15, -0.1) is 11.8 Å². The lowest BCUT2D eigenvalue weighted by Crippen LogP contribution is -2.39. The van der Waals surface area contributed by atoms with Crippen LogP contribution in [0.4, 0.5) is 0 Å². The molecule has 0 saturated carbocycles. The fourth-order valence-electron chi connectivity index (χ4n) is 2.18. The van der Waals surface area contributed by atoms with Gasteiger partial charge in [0.15, 0.2) is 0 Å². The van der Waals surface area contributed by atoms with Crippen molar-refractivity contribution in [2.24, 2.45) is 5.41 Å². The average molecular weight is 306 g/mol. The van der Waals surface area contributed by atoms with Crippen molar-refractivity contribution < 1.29 is 4.79 Å². The maximum Gasteiger partial charge on any atom is 0.244 e. The summed E-state index contributed by atoms with van der Waals surface area (Å²) in [4.78, 5) is 15.2. The number of nitrogens with one attached hydrogen (secondary N) is 1. The molecular weight excluding hydrogens is 280 g/mol. The van der Waals surface area contributed by atoms with Crippen molar-refractivity contribution in [3.8, 4) is 0 Å². The van der Waals surface area contributed by atoms with Crippen molar-refractivity contribution in [2.75, 3.05) is 33.4 Å². The predicted octanol–water partition coefficient (Wildman–Crippen LogP) is 3.13. The maximum atomic E-state index is 11.9. The number of carbonyl (C=O) groups excluding carboxylic acids is 1. The van der Waals surface area contributed by atoms with Crippen molar-refractivity contribution in [2.45, 2.75) is 18.7 Å². The molecule has 21 heavy (non-hydrogen) atoms. The van der Waals surface area contributed by atoms with Crippen LogP contribution in [0.3, 0.4) is 0 Å². The lowest BCUT2D eigenvalue weighted by atomic mass is 9.93. The smallest absolute Gasteiger partial charge is 0.244 e. The summed E-state index contributed by atoms with van der Waals surface area (Å²) in [7, 11) is 4.09. The van der Waals surface area contributed by atoms with E-state index in [1.54, 1.807) is 17.8 Å². The molecule has 0 heterocycles. The van der Waals surface area contributed by atoms with E-state index in [9.17, 15) is 4.79 Å². The summed E-state index contributed by atoms with van der Waals surface area (Å²) in [5.41, 5.74) is 1.10. The highest BCUT2D eigenvalue weighted by Crippen LogP contribution is 2.16. The van der Waals surface area contributed by atoms with Crippen molar-refractivity contribution in [1.82, 2.24) is 10.2 Å². The van der Waals surface area contributed by atoms with E-state index in [2.05, 4.69) is 36.2 Å². The zero-order valence-corrected chi connectivity index (χ0v) is 14.5. The second-order valence-electron chi connectivity index (χ2n) is 6.23. The maximum absolute atomic E-state index is 11.9. The summed E-state index contributed by atoms with van der Waals surface area (Å²) in [6, 6.07) is 8.15. The number of thioether (sulfide) groups is 1. The molecule has 0 aliphatic heterocycles. The minimum Gasteiger partial charge on any atom is -0.352 e. The molecule has 0 spiro atoms. The molecule has 0 radical (unpaired) electrons. The third-order valence-electron chi connectivity index (χ3n) is 3.03. The van der Waals surface area contributed by atoms with Gasteiger partial charge < -0.3 is 10.2 Å². The van der Waals surface area contributed by atoms with E-state index in [1.807, 2.05) is 38.6 Å². The Kier molecular flexibility index (Phi) is 6.99. The second-order valence-corrected chi connectivity index (χ2v) is 7.11. The Hall–Kier alpha value is -1.26. The van der Waals surface area contributed by atoms with Gasteiger partial charge in [-0.25, -0.2) is 0 Å². The summed E-state index contributed by atoms with van der Waals surface area (Å²) in [6.45, 7) is 5.91. The fourth-order valence-corrected chi connectivity index (χ4v) is 2.59. The van der Waals surface area contributed by atoms with Gasteiger partial charge in [-0.3, -0.25) is 4.79 Å². The molecule has 0 aromatic heterocycles. The SMILES string of the molecule is CSc1ccc(/C=C/C(=O)NCC(C)(C)CN(C)C)cc1. The predicted molar refractivity (Wildman–Crippen MR) is 92.6 cm³/mol. The van der Waals surface area contributed by atoms with Gasteiger partial charge in [-0.05, 0) is 49.5 Å². The summed E-state index contributed by atoms with van der Waals surface area (Å²) in [6.07, 6.45) is 5.49. The molecule has 0 bridgehead atoms. The topological polar surface area (TPSA) is 32.3 Å². The second kappa shape index (κ2) is 8.25. The van der Waals surface area contributed by atoms with Gasteiger partial charge in [0, 0.05) is 24.1 Å². The molecule has 1 amide bonds. The van der Waals surface area contributed by atoms with Crippen molar-refractivity contribution in [1.29, 1.82) is 0 Å². The van der Waals surface area contributed by atoms with E-state index in [1.165, 1.54) is 4.90 Å². The minimum absolute atomic E-state index is 0.0456. The van der Waals surface area contributed by atoms with Gasteiger partial charge in [0.05, 0.1) is 0 Å². The molecule has 1 N–H and O–H groups in total. The Morgan fingerprint density at radius 3 is 2.43 bits per heavy atom. The Bertz CT molecular complexity index is 478. The van der Waals surface area contributed by atoms with Crippen LogP contribution in [-0.4, -0.2) is 44.2 Å². The first-order chi connectivity index (χ1) is 9.82.